The highest BCUT2D eigenvalue weighted by Gasteiger charge is 2.68. The minimum absolute atomic E-state index is 0.118. The van der Waals surface area contributed by atoms with Crippen LogP contribution in [0.1, 0.15) is 6.42 Å². The first-order valence-electron chi connectivity index (χ1n) is 4.46. The number of hydrogen-bond donors (Lipinski definition) is 0. The van der Waals surface area contributed by atoms with Gasteiger partial charge in [0.05, 0.1) is 12.0 Å². The van der Waals surface area contributed by atoms with Crippen LogP contribution in [-0.2, 0) is 14.0 Å². The number of hydrogen-bond acceptors (Lipinski definition) is 3. The van der Waals surface area contributed by atoms with Crippen LogP contribution in [0.4, 0.5) is 0 Å². The Hall–Kier alpha value is -0.550. The van der Waals surface area contributed by atoms with Crippen molar-refractivity contribution in [3.63, 3.8) is 0 Å². The van der Waals surface area contributed by atoms with Crippen molar-refractivity contribution >= 4 is 25.8 Å². The van der Waals surface area contributed by atoms with Gasteiger partial charge in [-0.3, -0.25) is 4.79 Å². The van der Waals surface area contributed by atoms with E-state index in [1.54, 1.807) is 0 Å². The maximum atomic E-state index is 11.6. The molecule has 1 amide bonds. The van der Waals surface area contributed by atoms with Crippen molar-refractivity contribution in [3.8, 4) is 0 Å². The second kappa shape index (κ2) is 2.33. The van der Waals surface area contributed by atoms with Gasteiger partial charge in [0.15, 0.2) is 0 Å². The lowest BCUT2D eigenvalue weighted by molar-refractivity contribution is -0.127. The summed E-state index contributed by atoms with van der Waals surface area (Å²) in [4.78, 5) is 11.6. The van der Waals surface area contributed by atoms with Crippen LogP contribution in [0.3, 0.4) is 0 Å². The Morgan fingerprint density at radius 3 is 2.86 bits per heavy atom. The van der Waals surface area contributed by atoms with Crippen LogP contribution < -0.4 is 0 Å². The van der Waals surface area contributed by atoms with Gasteiger partial charge < -0.3 is 0 Å². The Morgan fingerprint density at radius 1 is 1.50 bits per heavy atom. The van der Waals surface area contributed by atoms with E-state index in [4.69, 9.17) is 10.7 Å². The lowest BCUT2D eigenvalue weighted by Gasteiger charge is -2.26. The van der Waals surface area contributed by atoms with Gasteiger partial charge >= 0.3 is 9.24 Å². The maximum Gasteiger partial charge on any atom is 0.324 e. The average molecular weight is 234 g/mol. The molecule has 1 saturated heterocycles. The molecule has 0 N–H and O–H groups in total. The normalized spacial score (nSPS) is 44.1. The highest BCUT2D eigenvalue weighted by atomic mass is 35.7. The minimum Gasteiger partial charge on any atom is -0.273 e. The van der Waals surface area contributed by atoms with Crippen LogP contribution in [0.2, 0.25) is 0 Å². The monoisotopic (exact) mass is 233 g/mol. The van der Waals surface area contributed by atoms with Crippen LogP contribution >= 0.6 is 10.7 Å². The summed E-state index contributed by atoms with van der Waals surface area (Å²) < 4.78 is 23.2. The van der Waals surface area contributed by atoms with Gasteiger partial charge in [0.25, 0.3) is 0 Å². The molecule has 0 aromatic heterocycles. The first kappa shape index (κ1) is 8.73. The van der Waals surface area contributed by atoms with Gasteiger partial charge in [-0.2, -0.15) is 8.42 Å². The van der Waals surface area contributed by atoms with E-state index in [0.29, 0.717) is 6.42 Å². The lowest BCUT2D eigenvalue weighted by atomic mass is 10.0. The number of piperidine rings is 1. The molecule has 14 heavy (non-hydrogen) atoms. The third-order valence-electron chi connectivity index (χ3n) is 3.35. The first-order chi connectivity index (χ1) is 6.52. The standard InChI is InChI=1S/C8H8ClNO3S/c9-14(12,13)10-5-3-1-2-4-6(5)7(4)8(10)11/h1-2,4-7H,3H2. The Balaban J connectivity index is 2.05. The van der Waals surface area contributed by atoms with Crippen molar-refractivity contribution in [2.24, 2.45) is 17.8 Å². The lowest BCUT2D eigenvalue weighted by Crippen LogP contribution is -2.41. The van der Waals surface area contributed by atoms with Crippen LogP contribution in [0.15, 0.2) is 12.2 Å². The zero-order chi connectivity index (χ0) is 10.1. The fraction of sp³-hybridized carbons (Fsp3) is 0.625. The largest absolute Gasteiger partial charge is 0.324 e. The fourth-order valence-corrected chi connectivity index (χ4v) is 4.19. The van der Waals surface area contributed by atoms with Crippen molar-refractivity contribution in [2.75, 3.05) is 0 Å². The molecule has 3 aliphatic rings. The summed E-state index contributed by atoms with van der Waals surface area (Å²) in [7, 11) is 1.34. The molecule has 3 rings (SSSR count). The molecule has 0 aromatic carbocycles. The number of nitrogens with zero attached hydrogens (tertiary/aromatic N) is 1. The zero-order valence-electron chi connectivity index (χ0n) is 7.13. The van der Waals surface area contributed by atoms with Crippen molar-refractivity contribution in [2.45, 2.75) is 12.5 Å². The number of rotatable bonds is 1. The number of amides is 1. The molecule has 0 bridgehead atoms. The summed E-state index contributed by atoms with van der Waals surface area (Å²) in [6.45, 7) is 0. The van der Waals surface area contributed by atoms with Crippen LogP contribution in [0.5, 0.6) is 0 Å². The number of fused-ring (bicyclic) bond motifs is 1. The Bertz CT molecular complexity index is 444. The van der Waals surface area contributed by atoms with Crippen molar-refractivity contribution in [3.05, 3.63) is 12.2 Å². The molecule has 4 unspecified atom stereocenters. The minimum atomic E-state index is -3.88. The summed E-state index contributed by atoms with van der Waals surface area (Å²) in [5, 5.41) is 0. The average Bonchev–Trinajstić information content (AvgIpc) is 2.66. The fourth-order valence-electron chi connectivity index (χ4n) is 2.80. The molecule has 76 valence electrons. The number of carbonyl (C=O) groups excluding carboxylic acids is 1. The molecular weight excluding hydrogens is 226 g/mol. The molecule has 0 aromatic rings. The molecule has 4 nitrogen and oxygen atoms in total. The predicted octanol–water partition coefficient (Wildman–Crippen LogP) is 0.503. The molecular formula is C8H8ClNO3S. The van der Waals surface area contributed by atoms with E-state index in [9.17, 15) is 13.2 Å². The Kier molecular flexibility index (Phi) is 1.46. The van der Waals surface area contributed by atoms with Crippen molar-refractivity contribution < 1.29 is 13.2 Å². The predicted molar refractivity (Wildman–Crippen MR) is 49.6 cm³/mol. The van der Waals surface area contributed by atoms with E-state index in [-0.39, 0.29) is 29.7 Å². The Labute approximate surface area is 86.1 Å². The van der Waals surface area contributed by atoms with Gasteiger partial charge in [0.2, 0.25) is 5.91 Å². The summed E-state index contributed by atoms with van der Waals surface area (Å²) >= 11 is 0. The number of halogens is 1. The van der Waals surface area contributed by atoms with Gasteiger partial charge in [-0.1, -0.05) is 12.2 Å². The summed E-state index contributed by atoms with van der Waals surface area (Å²) in [5.41, 5.74) is 0. The third-order valence-corrected chi connectivity index (χ3v) is 4.72. The van der Waals surface area contributed by atoms with E-state index >= 15 is 0 Å². The van der Waals surface area contributed by atoms with Crippen LogP contribution in [0, 0.1) is 17.8 Å². The van der Waals surface area contributed by atoms with E-state index in [2.05, 4.69) is 0 Å². The molecule has 6 heteroatoms. The quantitative estimate of drug-likeness (QED) is 0.490. The summed E-state index contributed by atoms with van der Waals surface area (Å²) in [6.07, 6.45) is 4.56. The highest BCUT2D eigenvalue weighted by molar-refractivity contribution is 8.12. The first-order valence-corrected chi connectivity index (χ1v) is 6.73. The van der Waals surface area contributed by atoms with E-state index in [0.717, 1.165) is 4.31 Å². The topological polar surface area (TPSA) is 54.5 Å². The maximum absolute atomic E-state index is 11.6. The molecule has 4 atom stereocenters. The number of allylic oxidation sites excluding steroid dienone is 1. The van der Waals surface area contributed by atoms with Gasteiger partial charge in [-0.25, -0.2) is 4.31 Å². The van der Waals surface area contributed by atoms with Gasteiger partial charge in [0, 0.05) is 16.6 Å². The van der Waals surface area contributed by atoms with E-state index in [1.807, 2.05) is 12.2 Å². The Morgan fingerprint density at radius 2 is 2.21 bits per heavy atom. The van der Waals surface area contributed by atoms with E-state index < -0.39 is 9.24 Å². The van der Waals surface area contributed by atoms with Crippen molar-refractivity contribution in [1.29, 1.82) is 0 Å². The second-order valence-electron chi connectivity index (χ2n) is 3.99. The zero-order valence-corrected chi connectivity index (χ0v) is 8.70. The van der Waals surface area contributed by atoms with E-state index in [1.165, 1.54) is 0 Å². The molecule has 2 aliphatic carbocycles. The second-order valence-corrected chi connectivity index (χ2v) is 6.38. The van der Waals surface area contributed by atoms with Crippen LogP contribution in [0.25, 0.3) is 0 Å². The smallest absolute Gasteiger partial charge is 0.273 e. The summed E-state index contributed by atoms with van der Waals surface area (Å²) in [6, 6.07) is -0.218. The molecule has 2 fully saturated rings. The third kappa shape index (κ3) is 0.892. The molecule has 1 saturated carbocycles. The SMILES string of the molecule is O=C1C2C3C=CCC(C32)N1S(=O)(=O)Cl. The molecule has 1 heterocycles. The van der Waals surface area contributed by atoms with Gasteiger partial charge in [-0.05, 0) is 12.3 Å². The summed E-state index contributed by atoms with van der Waals surface area (Å²) in [5.74, 6) is 0.0357. The van der Waals surface area contributed by atoms with Crippen molar-refractivity contribution in [1.82, 2.24) is 4.31 Å². The van der Waals surface area contributed by atoms with Gasteiger partial charge in [-0.15, -0.1) is 0 Å². The van der Waals surface area contributed by atoms with Gasteiger partial charge in [0.1, 0.15) is 0 Å². The number of carbonyl (C=O) groups is 1. The molecule has 0 spiro atoms. The highest BCUT2D eigenvalue weighted by Crippen LogP contribution is 2.60. The molecule has 0 radical (unpaired) electrons. The molecule has 1 aliphatic heterocycles. The van der Waals surface area contributed by atoms with Crippen LogP contribution in [-0.4, -0.2) is 24.7 Å².